The number of ether oxygens (including phenoxy) is 2. The molecule has 0 spiro atoms. The van der Waals surface area contributed by atoms with Crippen LogP contribution in [0.5, 0.6) is 5.75 Å². The number of fused-ring (bicyclic) bond motifs is 1. The zero-order valence-corrected chi connectivity index (χ0v) is 18.9. The highest BCUT2D eigenvalue weighted by atomic mass is 32.2. The minimum absolute atomic E-state index is 0.0139. The van der Waals surface area contributed by atoms with Crippen molar-refractivity contribution >= 4 is 33.5 Å². The van der Waals surface area contributed by atoms with Crippen molar-refractivity contribution in [2.45, 2.75) is 4.90 Å². The maximum Gasteiger partial charge on any atom is 0.338 e. The van der Waals surface area contributed by atoms with Gasteiger partial charge in [0.05, 0.1) is 35.2 Å². The average Bonchev–Trinajstić information content (AvgIpc) is 3.09. The van der Waals surface area contributed by atoms with Crippen LogP contribution in [0.2, 0.25) is 0 Å². The van der Waals surface area contributed by atoms with E-state index in [2.05, 4.69) is 4.72 Å². The summed E-state index contributed by atoms with van der Waals surface area (Å²) >= 11 is 0. The second-order valence-corrected chi connectivity index (χ2v) is 8.99. The monoisotopic (exact) mass is 480 g/mol. The predicted octanol–water partition coefficient (Wildman–Crippen LogP) is 2.95. The molecule has 10 heteroatoms. The Morgan fingerprint density at radius 3 is 2.18 bits per heavy atom. The summed E-state index contributed by atoms with van der Waals surface area (Å²) in [5.41, 5.74) is 0.955. The molecule has 1 N–H and O–H groups in total. The largest absolute Gasteiger partial charge is 0.497 e. The van der Waals surface area contributed by atoms with E-state index in [-0.39, 0.29) is 23.6 Å². The van der Waals surface area contributed by atoms with Gasteiger partial charge >= 0.3 is 5.97 Å². The summed E-state index contributed by atoms with van der Waals surface area (Å²) < 4.78 is 38.1. The summed E-state index contributed by atoms with van der Waals surface area (Å²) in [5.74, 6) is -1.10. The highest BCUT2D eigenvalue weighted by Crippen LogP contribution is 2.23. The van der Waals surface area contributed by atoms with E-state index in [9.17, 15) is 22.8 Å². The second kappa shape index (κ2) is 9.36. The van der Waals surface area contributed by atoms with Crippen molar-refractivity contribution in [2.75, 3.05) is 25.0 Å². The van der Waals surface area contributed by atoms with E-state index in [0.29, 0.717) is 22.6 Å². The molecular formula is C24H20N2O7S. The number of carbonyl (C=O) groups excluding carboxylic acids is 3. The first-order chi connectivity index (χ1) is 16.3. The molecule has 0 aromatic heterocycles. The normalized spacial score (nSPS) is 12.9. The van der Waals surface area contributed by atoms with Crippen molar-refractivity contribution in [1.82, 2.24) is 4.90 Å². The summed E-state index contributed by atoms with van der Waals surface area (Å²) in [7, 11) is -2.46. The first-order valence-electron chi connectivity index (χ1n) is 10.2. The number of esters is 1. The number of nitrogens with one attached hydrogen (secondary N) is 1. The quantitative estimate of drug-likeness (QED) is 0.389. The Bertz CT molecular complexity index is 1330. The predicted molar refractivity (Wildman–Crippen MR) is 122 cm³/mol. The lowest BCUT2D eigenvalue weighted by molar-refractivity contribution is 0.0420. The first-order valence-corrected chi connectivity index (χ1v) is 11.7. The van der Waals surface area contributed by atoms with Gasteiger partial charge in [-0.1, -0.05) is 18.2 Å². The number of hydrogen-bond acceptors (Lipinski definition) is 7. The number of amides is 2. The lowest BCUT2D eigenvalue weighted by Crippen LogP contribution is -2.33. The Kier molecular flexibility index (Phi) is 6.33. The molecule has 1 aliphatic rings. The fourth-order valence-corrected chi connectivity index (χ4v) is 4.52. The van der Waals surface area contributed by atoms with Gasteiger partial charge < -0.3 is 9.47 Å². The van der Waals surface area contributed by atoms with E-state index in [1.807, 2.05) is 0 Å². The molecule has 4 rings (SSSR count). The molecule has 0 radical (unpaired) electrons. The standard InChI is InChI=1S/C24H20N2O7S/c1-32-18-11-9-17(10-12-18)25-34(30,31)19-6-4-5-16(15-19)24(29)33-14-13-26-22(27)20-7-2-3-8-21(20)23(26)28/h2-12,15,25H,13-14H2,1H3. The van der Waals surface area contributed by atoms with Gasteiger partial charge in [-0.15, -0.1) is 0 Å². The van der Waals surface area contributed by atoms with Crippen molar-refractivity contribution in [2.24, 2.45) is 0 Å². The van der Waals surface area contributed by atoms with Crippen molar-refractivity contribution in [3.8, 4) is 5.75 Å². The fourth-order valence-electron chi connectivity index (χ4n) is 3.42. The Morgan fingerprint density at radius 1 is 0.912 bits per heavy atom. The van der Waals surface area contributed by atoms with Gasteiger partial charge in [-0.3, -0.25) is 19.2 Å². The van der Waals surface area contributed by atoms with Crippen LogP contribution in [-0.2, 0) is 14.8 Å². The molecule has 3 aromatic carbocycles. The van der Waals surface area contributed by atoms with E-state index < -0.39 is 27.8 Å². The number of methoxy groups -OCH3 is 1. The molecule has 0 atom stereocenters. The number of benzene rings is 3. The lowest BCUT2D eigenvalue weighted by Gasteiger charge is -2.14. The van der Waals surface area contributed by atoms with E-state index in [4.69, 9.17) is 9.47 Å². The van der Waals surface area contributed by atoms with Gasteiger partial charge in [0.2, 0.25) is 0 Å². The van der Waals surface area contributed by atoms with Crippen molar-refractivity contribution in [1.29, 1.82) is 0 Å². The van der Waals surface area contributed by atoms with Gasteiger partial charge in [0.1, 0.15) is 12.4 Å². The molecule has 174 valence electrons. The highest BCUT2D eigenvalue weighted by molar-refractivity contribution is 7.92. The van der Waals surface area contributed by atoms with Gasteiger partial charge in [0, 0.05) is 5.69 Å². The summed E-state index contributed by atoms with van der Waals surface area (Å²) in [4.78, 5) is 38.1. The fraction of sp³-hybridized carbons (Fsp3) is 0.125. The van der Waals surface area contributed by atoms with E-state index >= 15 is 0 Å². The summed E-state index contributed by atoms with van der Waals surface area (Å²) in [6, 6.07) is 18.1. The Labute approximate surface area is 196 Å². The van der Waals surface area contributed by atoms with Crippen molar-refractivity contribution in [3.05, 3.63) is 89.5 Å². The van der Waals surface area contributed by atoms with Crippen molar-refractivity contribution in [3.63, 3.8) is 0 Å². The molecule has 3 aromatic rings. The number of rotatable bonds is 8. The Balaban J connectivity index is 1.39. The number of anilines is 1. The molecule has 0 aliphatic carbocycles. The third-order valence-electron chi connectivity index (χ3n) is 5.15. The first kappa shape index (κ1) is 23.0. The molecule has 2 amide bonds. The zero-order chi connectivity index (χ0) is 24.3. The van der Waals surface area contributed by atoms with E-state index in [1.54, 1.807) is 48.5 Å². The molecule has 1 heterocycles. The Morgan fingerprint density at radius 2 is 1.56 bits per heavy atom. The van der Waals surface area contributed by atoms with Crippen LogP contribution in [0.1, 0.15) is 31.1 Å². The molecule has 9 nitrogen and oxygen atoms in total. The number of nitrogens with zero attached hydrogens (tertiary/aromatic N) is 1. The number of sulfonamides is 1. The van der Waals surface area contributed by atoms with Crippen LogP contribution in [0.3, 0.4) is 0 Å². The maximum absolute atomic E-state index is 12.7. The topological polar surface area (TPSA) is 119 Å². The maximum atomic E-state index is 12.7. The molecule has 0 fully saturated rings. The zero-order valence-electron chi connectivity index (χ0n) is 18.1. The molecule has 0 unspecified atom stereocenters. The van der Waals surface area contributed by atoms with Crippen LogP contribution in [0.4, 0.5) is 5.69 Å². The van der Waals surface area contributed by atoms with Crippen molar-refractivity contribution < 1.29 is 32.3 Å². The van der Waals surface area contributed by atoms with E-state index in [0.717, 1.165) is 4.90 Å². The van der Waals surface area contributed by atoms with Crippen LogP contribution in [0.15, 0.2) is 77.7 Å². The SMILES string of the molecule is COc1ccc(NS(=O)(=O)c2cccc(C(=O)OCCN3C(=O)c4ccccc4C3=O)c2)cc1. The number of hydrogen-bond donors (Lipinski definition) is 1. The minimum Gasteiger partial charge on any atom is -0.497 e. The van der Waals surface area contributed by atoms with Gasteiger partial charge in [-0.25, -0.2) is 13.2 Å². The Hall–Kier alpha value is -4.18. The van der Waals surface area contributed by atoms with Gasteiger partial charge in [0.25, 0.3) is 21.8 Å². The summed E-state index contributed by atoms with van der Waals surface area (Å²) in [6.07, 6.45) is 0. The third-order valence-corrected chi connectivity index (χ3v) is 6.53. The lowest BCUT2D eigenvalue weighted by atomic mass is 10.1. The van der Waals surface area contributed by atoms with Gasteiger partial charge in [-0.2, -0.15) is 0 Å². The van der Waals surface area contributed by atoms with Crippen LogP contribution in [0, 0.1) is 0 Å². The summed E-state index contributed by atoms with van der Waals surface area (Å²) in [5, 5.41) is 0. The average molecular weight is 480 g/mol. The molecule has 34 heavy (non-hydrogen) atoms. The molecule has 0 bridgehead atoms. The van der Waals surface area contributed by atoms with Gasteiger partial charge in [-0.05, 0) is 54.6 Å². The molecule has 1 aliphatic heterocycles. The highest BCUT2D eigenvalue weighted by Gasteiger charge is 2.34. The third kappa shape index (κ3) is 4.62. The molecule has 0 saturated heterocycles. The van der Waals surface area contributed by atoms with E-state index in [1.165, 1.54) is 31.4 Å². The second-order valence-electron chi connectivity index (χ2n) is 7.31. The minimum atomic E-state index is -3.96. The van der Waals surface area contributed by atoms with Crippen LogP contribution in [0.25, 0.3) is 0 Å². The van der Waals surface area contributed by atoms with Crippen LogP contribution >= 0.6 is 0 Å². The van der Waals surface area contributed by atoms with Gasteiger partial charge in [0.15, 0.2) is 0 Å². The number of imide groups is 1. The number of carbonyl (C=O) groups is 3. The smallest absolute Gasteiger partial charge is 0.338 e. The van der Waals surface area contributed by atoms with Crippen LogP contribution < -0.4 is 9.46 Å². The molecular weight excluding hydrogens is 460 g/mol. The summed E-state index contributed by atoms with van der Waals surface area (Å²) in [6.45, 7) is -0.347. The molecule has 0 saturated carbocycles. The van der Waals surface area contributed by atoms with Crippen LogP contribution in [-0.4, -0.2) is 51.4 Å².